The molecule has 1 atom stereocenters. The summed E-state index contributed by atoms with van der Waals surface area (Å²) < 4.78 is 5.27. The first kappa shape index (κ1) is 23.4. The van der Waals surface area contributed by atoms with Crippen LogP contribution < -0.4 is 15.4 Å². The number of halogens is 1. The molecule has 7 heteroatoms. The molecule has 0 aromatic heterocycles. The molecule has 0 spiro atoms. The molecule has 0 aliphatic carbocycles. The molecule has 0 saturated heterocycles. The second-order valence-electron chi connectivity index (χ2n) is 6.86. The van der Waals surface area contributed by atoms with Crippen molar-refractivity contribution < 1.29 is 14.3 Å². The summed E-state index contributed by atoms with van der Waals surface area (Å²) in [5.41, 5.74) is 2.12. The Hall–Kier alpha value is -3.22. The van der Waals surface area contributed by atoms with Gasteiger partial charge in [0.1, 0.15) is 5.75 Å². The van der Waals surface area contributed by atoms with E-state index in [-0.39, 0.29) is 17.1 Å². The average molecular weight is 467 g/mol. The molecular weight excluding hydrogens is 444 g/mol. The van der Waals surface area contributed by atoms with E-state index in [0.29, 0.717) is 22.1 Å². The molecule has 5 nitrogen and oxygen atoms in total. The first-order valence-corrected chi connectivity index (χ1v) is 11.2. The zero-order chi connectivity index (χ0) is 22.9. The maximum absolute atomic E-state index is 12.7. The van der Waals surface area contributed by atoms with Crippen LogP contribution in [0.5, 0.6) is 5.75 Å². The third kappa shape index (κ3) is 6.90. The molecule has 0 radical (unpaired) electrons. The van der Waals surface area contributed by atoms with Crippen molar-refractivity contribution in [2.24, 2.45) is 0 Å². The minimum absolute atomic E-state index is 0.184. The number of anilines is 2. The third-order valence-electron chi connectivity index (χ3n) is 4.43. The van der Waals surface area contributed by atoms with Gasteiger partial charge in [-0.05, 0) is 55.0 Å². The lowest BCUT2D eigenvalue weighted by Crippen LogP contribution is -2.22. The Labute approximate surface area is 196 Å². The second kappa shape index (κ2) is 11.4. The van der Waals surface area contributed by atoms with Crippen molar-refractivity contribution in [1.82, 2.24) is 0 Å². The molecular formula is C25H23ClN2O3S. The van der Waals surface area contributed by atoms with Gasteiger partial charge in [0.15, 0.2) is 0 Å². The highest BCUT2D eigenvalue weighted by molar-refractivity contribution is 8.00. The standard InChI is InChI=1S/C25H23ClN2O3S/c1-17(25(30)28-22-15-19(26)12-13-23(22)31-2)32-21-10-6-9-20(16-21)27-24(29)14-11-18-7-4-3-5-8-18/h3-17H,1-2H3,(H,27,29)(H,28,30)/b14-11+. The lowest BCUT2D eigenvalue weighted by molar-refractivity contribution is -0.115. The van der Waals surface area contributed by atoms with E-state index in [4.69, 9.17) is 16.3 Å². The number of nitrogens with one attached hydrogen (secondary N) is 2. The highest BCUT2D eigenvalue weighted by Crippen LogP contribution is 2.30. The highest BCUT2D eigenvalue weighted by Gasteiger charge is 2.17. The lowest BCUT2D eigenvalue weighted by atomic mass is 10.2. The van der Waals surface area contributed by atoms with Crippen LogP contribution in [0.2, 0.25) is 5.02 Å². The molecule has 0 fully saturated rings. The molecule has 3 aromatic rings. The van der Waals surface area contributed by atoms with Gasteiger partial charge in [0.05, 0.1) is 18.0 Å². The number of thioether (sulfide) groups is 1. The molecule has 0 aliphatic heterocycles. The Bertz CT molecular complexity index is 1120. The second-order valence-corrected chi connectivity index (χ2v) is 8.71. The summed E-state index contributed by atoms with van der Waals surface area (Å²) in [6.07, 6.45) is 3.24. The quantitative estimate of drug-likeness (QED) is 0.310. The van der Waals surface area contributed by atoms with Gasteiger partial charge in [0.2, 0.25) is 11.8 Å². The topological polar surface area (TPSA) is 67.4 Å². The summed E-state index contributed by atoms with van der Waals surface area (Å²) in [5.74, 6) is 0.124. The smallest absolute Gasteiger partial charge is 0.248 e. The summed E-state index contributed by atoms with van der Waals surface area (Å²) in [5, 5.41) is 5.82. The molecule has 0 heterocycles. The Kier molecular flexibility index (Phi) is 8.36. The summed E-state index contributed by atoms with van der Waals surface area (Å²) in [6.45, 7) is 1.81. The van der Waals surface area contributed by atoms with Crippen molar-refractivity contribution in [1.29, 1.82) is 0 Å². The maximum atomic E-state index is 12.7. The van der Waals surface area contributed by atoms with Crippen molar-refractivity contribution in [3.8, 4) is 5.75 Å². The van der Waals surface area contributed by atoms with E-state index in [2.05, 4.69) is 10.6 Å². The van der Waals surface area contributed by atoms with E-state index < -0.39 is 0 Å². The van der Waals surface area contributed by atoms with Crippen molar-refractivity contribution in [2.45, 2.75) is 17.1 Å². The Morgan fingerprint density at radius 1 is 1.00 bits per heavy atom. The Morgan fingerprint density at radius 2 is 1.78 bits per heavy atom. The Balaban J connectivity index is 1.60. The van der Waals surface area contributed by atoms with E-state index in [1.807, 2.05) is 55.5 Å². The fourth-order valence-corrected chi connectivity index (χ4v) is 3.94. The van der Waals surface area contributed by atoms with E-state index in [9.17, 15) is 9.59 Å². The van der Waals surface area contributed by atoms with Crippen molar-refractivity contribution >= 4 is 52.6 Å². The van der Waals surface area contributed by atoms with Gasteiger partial charge in [-0.3, -0.25) is 9.59 Å². The van der Waals surface area contributed by atoms with E-state index >= 15 is 0 Å². The minimum atomic E-state index is -0.386. The average Bonchev–Trinajstić information content (AvgIpc) is 2.79. The number of hydrogen-bond acceptors (Lipinski definition) is 4. The van der Waals surface area contributed by atoms with Crippen LogP contribution >= 0.6 is 23.4 Å². The molecule has 32 heavy (non-hydrogen) atoms. The van der Waals surface area contributed by atoms with Crippen LogP contribution in [0.15, 0.2) is 83.8 Å². The van der Waals surface area contributed by atoms with Gasteiger partial charge in [-0.2, -0.15) is 0 Å². The van der Waals surface area contributed by atoms with Gasteiger partial charge in [-0.25, -0.2) is 0 Å². The summed E-state index contributed by atoms with van der Waals surface area (Å²) in [6, 6.07) is 22.0. The zero-order valence-electron chi connectivity index (χ0n) is 17.7. The molecule has 2 amide bonds. The highest BCUT2D eigenvalue weighted by atomic mass is 35.5. The van der Waals surface area contributed by atoms with Gasteiger partial charge in [-0.15, -0.1) is 11.8 Å². The van der Waals surface area contributed by atoms with Crippen LogP contribution in [0.25, 0.3) is 6.08 Å². The van der Waals surface area contributed by atoms with Crippen LogP contribution in [0, 0.1) is 0 Å². The molecule has 164 valence electrons. The van der Waals surface area contributed by atoms with Crippen LogP contribution in [-0.2, 0) is 9.59 Å². The van der Waals surface area contributed by atoms with Crippen LogP contribution in [0.4, 0.5) is 11.4 Å². The molecule has 0 bridgehead atoms. The first-order chi connectivity index (χ1) is 15.4. The van der Waals surface area contributed by atoms with Gasteiger partial charge in [0, 0.05) is 21.7 Å². The van der Waals surface area contributed by atoms with Crippen molar-refractivity contribution in [3.63, 3.8) is 0 Å². The number of amides is 2. The summed E-state index contributed by atoms with van der Waals surface area (Å²) in [7, 11) is 1.53. The number of ether oxygens (including phenoxy) is 1. The number of methoxy groups -OCH3 is 1. The van der Waals surface area contributed by atoms with Gasteiger partial charge in [-0.1, -0.05) is 48.0 Å². The molecule has 0 saturated carbocycles. The number of carbonyl (C=O) groups is 2. The van der Waals surface area contributed by atoms with Crippen molar-refractivity contribution in [3.05, 3.63) is 89.5 Å². The minimum Gasteiger partial charge on any atom is -0.495 e. The predicted molar refractivity (Wildman–Crippen MR) is 133 cm³/mol. The van der Waals surface area contributed by atoms with Gasteiger partial charge >= 0.3 is 0 Å². The fourth-order valence-electron chi connectivity index (χ4n) is 2.84. The normalized spacial score (nSPS) is 11.7. The molecule has 1 unspecified atom stereocenters. The molecule has 2 N–H and O–H groups in total. The Morgan fingerprint density at radius 3 is 2.53 bits per heavy atom. The molecule has 3 rings (SSSR count). The van der Waals surface area contributed by atoms with Crippen molar-refractivity contribution in [2.75, 3.05) is 17.7 Å². The third-order valence-corrected chi connectivity index (χ3v) is 5.76. The summed E-state index contributed by atoms with van der Waals surface area (Å²) >= 11 is 7.42. The van der Waals surface area contributed by atoms with Crippen LogP contribution in [-0.4, -0.2) is 24.2 Å². The van der Waals surface area contributed by atoms with Crippen LogP contribution in [0.3, 0.4) is 0 Å². The van der Waals surface area contributed by atoms with Crippen LogP contribution in [0.1, 0.15) is 12.5 Å². The van der Waals surface area contributed by atoms with E-state index in [1.54, 1.807) is 30.3 Å². The number of hydrogen-bond donors (Lipinski definition) is 2. The SMILES string of the molecule is COc1ccc(Cl)cc1NC(=O)C(C)Sc1cccc(NC(=O)/C=C/c2ccccc2)c1. The fraction of sp³-hybridized carbons (Fsp3) is 0.120. The predicted octanol–water partition coefficient (Wildman–Crippen LogP) is 6.12. The number of benzene rings is 3. The zero-order valence-corrected chi connectivity index (χ0v) is 19.2. The van der Waals surface area contributed by atoms with Gasteiger partial charge in [0.25, 0.3) is 0 Å². The largest absolute Gasteiger partial charge is 0.495 e. The number of carbonyl (C=O) groups excluding carboxylic acids is 2. The lowest BCUT2D eigenvalue weighted by Gasteiger charge is -2.15. The monoisotopic (exact) mass is 466 g/mol. The maximum Gasteiger partial charge on any atom is 0.248 e. The number of rotatable bonds is 8. The molecule has 0 aliphatic rings. The van der Waals surface area contributed by atoms with Gasteiger partial charge < -0.3 is 15.4 Å². The first-order valence-electron chi connectivity index (χ1n) is 9.90. The van der Waals surface area contributed by atoms with E-state index in [0.717, 1.165) is 10.5 Å². The van der Waals surface area contributed by atoms with E-state index in [1.165, 1.54) is 24.9 Å². The molecule has 3 aromatic carbocycles. The summed E-state index contributed by atoms with van der Waals surface area (Å²) in [4.78, 5) is 25.8.